The molecule has 3 N–H and O–H groups in total. The van der Waals surface area contributed by atoms with Crippen LogP contribution < -0.4 is 10.6 Å². The average Bonchev–Trinajstić information content (AvgIpc) is 2.98. The Morgan fingerprint density at radius 1 is 1.30 bits per heavy atom. The molecule has 0 aliphatic rings. The van der Waals surface area contributed by atoms with E-state index in [0.29, 0.717) is 12.1 Å². The minimum absolute atomic E-state index is 0.115. The lowest BCUT2D eigenvalue weighted by molar-refractivity contribution is 0.0954. The average molecular weight is 273 g/mol. The Kier molecular flexibility index (Phi) is 5.11. The number of imidazole rings is 1. The standard InChI is InChI=1S/C14H19N5O/c1-2-5-17-13-4-6-15-9-12(13)14(20)18-7-3-11-8-16-10-19-11/h4,6,8-10H,2-3,5,7H2,1H3,(H,15,17)(H,16,19)(H,18,20). The summed E-state index contributed by atoms with van der Waals surface area (Å²) in [6, 6.07) is 1.82. The maximum Gasteiger partial charge on any atom is 0.254 e. The topological polar surface area (TPSA) is 82.7 Å². The second-order valence-electron chi connectivity index (χ2n) is 4.43. The number of amides is 1. The highest BCUT2D eigenvalue weighted by atomic mass is 16.1. The van der Waals surface area contributed by atoms with E-state index in [-0.39, 0.29) is 5.91 Å². The number of carbonyl (C=O) groups is 1. The SMILES string of the molecule is CCCNc1ccncc1C(=O)NCCc1cnc[nH]1. The molecule has 0 radical (unpaired) electrons. The summed E-state index contributed by atoms with van der Waals surface area (Å²) >= 11 is 0. The molecule has 0 saturated carbocycles. The maximum absolute atomic E-state index is 12.1. The lowest BCUT2D eigenvalue weighted by atomic mass is 10.2. The Hall–Kier alpha value is -2.37. The van der Waals surface area contributed by atoms with E-state index in [1.807, 2.05) is 6.07 Å². The molecule has 0 spiro atoms. The van der Waals surface area contributed by atoms with Crippen molar-refractivity contribution >= 4 is 11.6 Å². The van der Waals surface area contributed by atoms with Crippen LogP contribution in [-0.4, -0.2) is 33.9 Å². The van der Waals surface area contributed by atoms with Crippen molar-refractivity contribution in [3.63, 3.8) is 0 Å². The second kappa shape index (κ2) is 7.28. The van der Waals surface area contributed by atoms with Crippen LogP contribution in [0.4, 0.5) is 5.69 Å². The van der Waals surface area contributed by atoms with Crippen molar-refractivity contribution in [2.75, 3.05) is 18.4 Å². The van der Waals surface area contributed by atoms with E-state index in [1.165, 1.54) is 0 Å². The molecule has 0 aliphatic carbocycles. The van der Waals surface area contributed by atoms with Crippen molar-refractivity contribution in [2.24, 2.45) is 0 Å². The zero-order valence-corrected chi connectivity index (χ0v) is 11.5. The van der Waals surface area contributed by atoms with Gasteiger partial charge in [-0.2, -0.15) is 0 Å². The Morgan fingerprint density at radius 2 is 2.20 bits per heavy atom. The molecular formula is C14H19N5O. The first kappa shape index (κ1) is 14.0. The molecule has 0 atom stereocenters. The third kappa shape index (κ3) is 3.81. The number of H-pyrrole nitrogens is 1. The molecule has 20 heavy (non-hydrogen) atoms. The monoisotopic (exact) mass is 273 g/mol. The molecule has 6 nitrogen and oxygen atoms in total. The first-order chi connectivity index (χ1) is 9.81. The van der Waals surface area contributed by atoms with Gasteiger partial charge in [0, 0.05) is 43.8 Å². The van der Waals surface area contributed by atoms with Gasteiger partial charge in [0.1, 0.15) is 0 Å². The Labute approximate surface area is 118 Å². The number of pyridine rings is 1. The number of hydrogen-bond acceptors (Lipinski definition) is 4. The van der Waals surface area contributed by atoms with E-state index in [4.69, 9.17) is 0 Å². The first-order valence-electron chi connectivity index (χ1n) is 6.74. The van der Waals surface area contributed by atoms with Gasteiger partial charge in [0.05, 0.1) is 17.6 Å². The molecule has 0 unspecified atom stereocenters. The highest BCUT2D eigenvalue weighted by Crippen LogP contribution is 2.13. The summed E-state index contributed by atoms with van der Waals surface area (Å²) in [5.74, 6) is -0.115. The minimum Gasteiger partial charge on any atom is -0.384 e. The highest BCUT2D eigenvalue weighted by molar-refractivity contribution is 5.99. The minimum atomic E-state index is -0.115. The van der Waals surface area contributed by atoms with Crippen molar-refractivity contribution < 1.29 is 4.79 Å². The van der Waals surface area contributed by atoms with Crippen LogP contribution >= 0.6 is 0 Å². The molecule has 0 fully saturated rings. The number of anilines is 1. The van der Waals surface area contributed by atoms with E-state index in [9.17, 15) is 4.79 Å². The van der Waals surface area contributed by atoms with E-state index in [2.05, 4.69) is 32.5 Å². The number of carbonyl (C=O) groups excluding carboxylic acids is 1. The fraction of sp³-hybridized carbons (Fsp3) is 0.357. The molecule has 0 aliphatic heterocycles. The molecule has 2 rings (SSSR count). The Bertz CT molecular complexity index is 538. The zero-order chi connectivity index (χ0) is 14.2. The summed E-state index contributed by atoms with van der Waals surface area (Å²) in [7, 11) is 0. The molecule has 6 heteroatoms. The van der Waals surface area contributed by atoms with Gasteiger partial charge >= 0.3 is 0 Å². The molecule has 0 bridgehead atoms. The van der Waals surface area contributed by atoms with Gasteiger partial charge in [0.2, 0.25) is 0 Å². The van der Waals surface area contributed by atoms with Crippen LogP contribution in [0.3, 0.4) is 0 Å². The van der Waals surface area contributed by atoms with E-state index in [0.717, 1.165) is 30.8 Å². The molecule has 2 heterocycles. The largest absolute Gasteiger partial charge is 0.384 e. The third-order valence-corrected chi connectivity index (χ3v) is 2.87. The first-order valence-corrected chi connectivity index (χ1v) is 6.74. The van der Waals surface area contributed by atoms with E-state index >= 15 is 0 Å². The fourth-order valence-corrected chi connectivity index (χ4v) is 1.82. The molecule has 106 valence electrons. The number of rotatable bonds is 7. The summed E-state index contributed by atoms with van der Waals surface area (Å²) in [5, 5.41) is 6.12. The smallest absolute Gasteiger partial charge is 0.254 e. The van der Waals surface area contributed by atoms with Gasteiger partial charge in [0.25, 0.3) is 5.91 Å². The fourth-order valence-electron chi connectivity index (χ4n) is 1.82. The number of hydrogen-bond donors (Lipinski definition) is 3. The molecule has 2 aromatic heterocycles. The van der Waals surface area contributed by atoms with Crippen LogP contribution in [-0.2, 0) is 6.42 Å². The summed E-state index contributed by atoms with van der Waals surface area (Å²) in [6.07, 6.45) is 8.38. The van der Waals surface area contributed by atoms with Crippen molar-refractivity contribution in [3.8, 4) is 0 Å². The number of nitrogens with zero attached hydrogens (tertiary/aromatic N) is 2. The van der Waals surface area contributed by atoms with Crippen molar-refractivity contribution in [2.45, 2.75) is 19.8 Å². The number of aromatic nitrogens is 3. The number of nitrogens with one attached hydrogen (secondary N) is 3. The molecule has 1 amide bonds. The molecule has 2 aromatic rings. The van der Waals surface area contributed by atoms with E-state index < -0.39 is 0 Å². The van der Waals surface area contributed by atoms with Crippen molar-refractivity contribution in [1.29, 1.82) is 0 Å². The number of aromatic amines is 1. The predicted molar refractivity (Wildman–Crippen MR) is 77.6 cm³/mol. The summed E-state index contributed by atoms with van der Waals surface area (Å²) in [6.45, 7) is 3.47. The summed E-state index contributed by atoms with van der Waals surface area (Å²) < 4.78 is 0. The Morgan fingerprint density at radius 3 is 2.95 bits per heavy atom. The van der Waals surface area contributed by atoms with Crippen LogP contribution in [0.1, 0.15) is 29.4 Å². The van der Waals surface area contributed by atoms with Crippen LogP contribution in [0.15, 0.2) is 31.0 Å². The molecule has 0 aromatic carbocycles. The van der Waals surface area contributed by atoms with Crippen molar-refractivity contribution in [1.82, 2.24) is 20.3 Å². The van der Waals surface area contributed by atoms with Gasteiger partial charge in [-0.1, -0.05) is 6.92 Å². The summed E-state index contributed by atoms with van der Waals surface area (Å²) in [5.41, 5.74) is 2.40. The van der Waals surface area contributed by atoms with Crippen LogP contribution in [0.25, 0.3) is 0 Å². The summed E-state index contributed by atoms with van der Waals surface area (Å²) in [4.78, 5) is 23.1. The lowest BCUT2D eigenvalue weighted by Gasteiger charge is -2.10. The van der Waals surface area contributed by atoms with E-state index in [1.54, 1.807) is 24.9 Å². The predicted octanol–water partition coefficient (Wildman–Crippen LogP) is 1.60. The third-order valence-electron chi connectivity index (χ3n) is 2.87. The van der Waals surface area contributed by atoms with Crippen LogP contribution in [0, 0.1) is 0 Å². The zero-order valence-electron chi connectivity index (χ0n) is 11.5. The van der Waals surface area contributed by atoms with Gasteiger partial charge in [-0.3, -0.25) is 9.78 Å². The normalized spacial score (nSPS) is 10.2. The van der Waals surface area contributed by atoms with Gasteiger partial charge in [-0.25, -0.2) is 4.98 Å². The van der Waals surface area contributed by atoms with Crippen molar-refractivity contribution in [3.05, 3.63) is 42.2 Å². The van der Waals surface area contributed by atoms with Gasteiger partial charge < -0.3 is 15.6 Å². The maximum atomic E-state index is 12.1. The highest BCUT2D eigenvalue weighted by Gasteiger charge is 2.10. The van der Waals surface area contributed by atoms with Gasteiger partial charge in [-0.05, 0) is 12.5 Å². The van der Waals surface area contributed by atoms with Gasteiger partial charge in [0.15, 0.2) is 0 Å². The molecular weight excluding hydrogens is 254 g/mol. The molecule has 0 saturated heterocycles. The van der Waals surface area contributed by atoms with Crippen LogP contribution in [0.5, 0.6) is 0 Å². The Balaban J connectivity index is 1.91. The van der Waals surface area contributed by atoms with Gasteiger partial charge in [-0.15, -0.1) is 0 Å². The van der Waals surface area contributed by atoms with Crippen LogP contribution in [0.2, 0.25) is 0 Å². The quantitative estimate of drug-likeness (QED) is 0.715. The lowest BCUT2D eigenvalue weighted by Crippen LogP contribution is -2.26. The second-order valence-corrected chi connectivity index (χ2v) is 4.43.